The fourth-order valence-electron chi connectivity index (χ4n) is 5.03. The summed E-state index contributed by atoms with van der Waals surface area (Å²) in [6.45, 7) is 4.37. The van der Waals surface area contributed by atoms with Gasteiger partial charge in [0.25, 0.3) is 0 Å². The van der Waals surface area contributed by atoms with E-state index in [1.165, 1.54) is 51.4 Å². The largest absolute Gasteiger partial charge is 0.203 e. The van der Waals surface area contributed by atoms with Gasteiger partial charge >= 0.3 is 0 Å². The van der Waals surface area contributed by atoms with Crippen LogP contribution in [0.15, 0.2) is 24.3 Å². The van der Waals surface area contributed by atoms with E-state index < -0.39 is 11.6 Å². The Kier molecular flexibility index (Phi) is 10.1. The first kappa shape index (κ1) is 24.8. The Morgan fingerprint density at radius 1 is 0.719 bits per heavy atom. The van der Waals surface area contributed by atoms with E-state index in [4.69, 9.17) is 0 Å². The van der Waals surface area contributed by atoms with Gasteiger partial charge < -0.3 is 0 Å². The van der Waals surface area contributed by atoms with Crippen LogP contribution in [0.5, 0.6) is 0 Å². The molecule has 0 bridgehead atoms. The van der Waals surface area contributed by atoms with Crippen LogP contribution in [0, 0.1) is 23.5 Å². The minimum Gasteiger partial charge on any atom is -0.203 e. The summed E-state index contributed by atoms with van der Waals surface area (Å²) in [5, 5.41) is 8.54. The lowest BCUT2D eigenvalue weighted by Gasteiger charge is -2.28. The maximum atomic E-state index is 14.6. The van der Waals surface area contributed by atoms with Crippen molar-refractivity contribution in [1.82, 2.24) is 10.2 Å². The fourth-order valence-corrected chi connectivity index (χ4v) is 5.03. The average molecular weight is 443 g/mol. The molecule has 0 amide bonds. The van der Waals surface area contributed by atoms with Gasteiger partial charge in [0.15, 0.2) is 11.6 Å². The Balaban J connectivity index is 1.50. The first-order valence-electron chi connectivity index (χ1n) is 12.9. The van der Waals surface area contributed by atoms with E-state index in [1.807, 2.05) is 6.07 Å². The summed E-state index contributed by atoms with van der Waals surface area (Å²) in [4.78, 5) is 0. The molecule has 1 saturated carbocycles. The fraction of sp³-hybridized carbons (Fsp3) is 0.643. The van der Waals surface area contributed by atoms with Gasteiger partial charge in [-0.25, -0.2) is 8.78 Å². The Hall–Kier alpha value is -1.84. The van der Waals surface area contributed by atoms with Crippen LogP contribution in [-0.4, -0.2) is 10.2 Å². The summed E-state index contributed by atoms with van der Waals surface area (Å²) in [5.41, 5.74) is 1.99. The molecule has 1 aromatic carbocycles. The molecule has 0 spiro atoms. The zero-order valence-corrected chi connectivity index (χ0v) is 20.0. The highest BCUT2D eigenvalue weighted by molar-refractivity contribution is 5.60. The molecule has 3 rings (SSSR count). The van der Waals surface area contributed by atoms with Crippen molar-refractivity contribution in [1.29, 1.82) is 0 Å². The van der Waals surface area contributed by atoms with Crippen LogP contribution in [0.4, 0.5) is 8.78 Å². The maximum absolute atomic E-state index is 14.6. The van der Waals surface area contributed by atoms with E-state index in [-0.39, 0.29) is 5.56 Å². The number of hydrogen-bond donors (Lipinski definition) is 0. The molecule has 1 aromatic heterocycles. The molecule has 2 aromatic rings. The van der Waals surface area contributed by atoms with Gasteiger partial charge in [0, 0.05) is 5.56 Å². The number of aromatic nitrogens is 2. The molecule has 1 aliphatic carbocycles. The van der Waals surface area contributed by atoms with E-state index in [2.05, 4.69) is 24.0 Å². The molecule has 1 heterocycles. The molecular formula is C28H40F2N2. The van der Waals surface area contributed by atoms with Crippen LogP contribution in [0.3, 0.4) is 0 Å². The molecule has 0 aliphatic heterocycles. The normalized spacial score (nSPS) is 18.8. The number of hydrogen-bond acceptors (Lipinski definition) is 2. The number of nitrogens with zero attached hydrogens (tertiary/aromatic N) is 2. The Morgan fingerprint density at radius 2 is 1.41 bits per heavy atom. The average Bonchev–Trinajstić information content (AvgIpc) is 2.82. The van der Waals surface area contributed by atoms with Crippen LogP contribution >= 0.6 is 0 Å². The van der Waals surface area contributed by atoms with Gasteiger partial charge in [0.05, 0.1) is 11.4 Å². The number of benzene rings is 1. The van der Waals surface area contributed by atoms with Gasteiger partial charge in [-0.2, -0.15) is 10.2 Å². The molecule has 0 unspecified atom stereocenters. The van der Waals surface area contributed by atoms with Gasteiger partial charge in [0.2, 0.25) is 0 Å². The van der Waals surface area contributed by atoms with Gasteiger partial charge in [-0.05, 0) is 61.3 Å². The standard InChI is InChI=1S/C28H40F2N2/c1-3-5-7-9-21-11-13-22(14-12-21)15-17-24-18-20-26(32-31-24)25-19-16-23(10-8-6-4-2)27(29)28(25)30/h16,18-22H,3-15,17H2,1-2H3. The van der Waals surface area contributed by atoms with Crippen LogP contribution in [0.2, 0.25) is 0 Å². The quantitative estimate of drug-likeness (QED) is 0.308. The predicted molar refractivity (Wildman–Crippen MR) is 129 cm³/mol. The smallest absolute Gasteiger partial charge is 0.168 e. The third kappa shape index (κ3) is 7.08. The van der Waals surface area contributed by atoms with Gasteiger partial charge in [-0.3, -0.25) is 0 Å². The number of aryl methyl sites for hydroxylation is 2. The highest BCUT2D eigenvalue weighted by Gasteiger charge is 2.21. The van der Waals surface area contributed by atoms with Gasteiger partial charge in [-0.15, -0.1) is 0 Å². The summed E-state index contributed by atoms with van der Waals surface area (Å²) in [6.07, 6.45) is 16.5. The van der Waals surface area contributed by atoms with E-state index in [1.54, 1.807) is 18.2 Å². The first-order chi connectivity index (χ1) is 15.6. The zero-order valence-electron chi connectivity index (χ0n) is 20.0. The van der Waals surface area contributed by atoms with Crippen molar-refractivity contribution in [3.8, 4) is 11.3 Å². The molecule has 1 fully saturated rings. The number of rotatable bonds is 12. The highest BCUT2D eigenvalue weighted by atomic mass is 19.2. The van der Waals surface area contributed by atoms with Crippen molar-refractivity contribution in [2.24, 2.45) is 11.8 Å². The molecule has 176 valence electrons. The summed E-state index contributed by atoms with van der Waals surface area (Å²) >= 11 is 0. The first-order valence-corrected chi connectivity index (χ1v) is 12.9. The van der Waals surface area contributed by atoms with Crippen LogP contribution in [0.25, 0.3) is 11.3 Å². The predicted octanol–water partition coefficient (Wildman–Crippen LogP) is 8.47. The molecule has 0 N–H and O–H groups in total. The van der Waals surface area contributed by atoms with E-state index >= 15 is 0 Å². The zero-order chi connectivity index (χ0) is 22.8. The lowest BCUT2D eigenvalue weighted by Crippen LogP contribution is -2.15. The lowest BCUT2D eigenvalue weighted by molar-refractivity contribution is 0.248. The second-order valence-corrected chi connectivity index (χ2v) is 9.69. The summed E-state index contributed by atoms with van der Waals surface area (Å²) in [5.74, 6) is 0.169. The van der Waals surface area contributed by atoms with Gasteiger partial charge in [0.1, 0.15) is 0 Å². The third-order valence-electron chi connectivity index (χ3n) is 7.20. The molecule has 0 radical (unpaired) electrons. The monoisotopic (exact) mass is 442 g/mol. The maximum Gasteiger partial charge on any atom is 0.168 e. The van der Waals surface area contributed by atoms with E-state index in [0.717, 1.165) is 49.6 Å². The van der Waals surface area contributed by atoms with Crippen molar-refractivity contribution in [3.05, 3.63) is 47.2 Å². The molecule has 32 heavy (non-hydrogen) atoms. The number of halogens is 2. The third-order valence-corrected chi connectivity index (χ3v) is 7.20. The minimum absolute atomic E-state index is 0.196. The van der Waals surface area contributed by atoms with Crippen molar-refractivity contribution < 1.29 is 8.78 Å². The molecule has 0 atom stereocenters. The summed E-state index contributed by atoms with van der Waals surface area (Å²) in [6, 6.07) is 7.03. The van der Waals surface area contributed by atoms with Crippen molar-refractivity contribution in [2.45, 2.75) is 104 Å². The summed E-state index contributed by atoms with van der Waals surface area (Å²) < 4.78 is 29.1. The molecule has 0 saturated heterocycles. The van der Waals surface area contributed by atoms with Crippen LogP contribution in [-0.2, 0) is 12.8 Å². The van der Waals surface area contributed by atoms with Gasteiger partial charge in [-0.1, -0.05) is 84.1 Å². The van der Waals surface area contributed by atoms with Crippen LogP contribution < -0.4 is 0 Å². The second-order valence-electron chi connectivity index (χ2n) is 9.69. The van der Waals surface area contributed by atoms with Crippen LogP contribution in [0.1, 0.15) is 102 Å². The Labute approximate surface area is 193 Å². The van der Waals surface area contributed by atoms with Crippen molar-refractivity contribution in [3.63, 3.8) is 0 Å². The molecule has 4 heteroatoms. The topological polar surface area (TPSA) is 25.8 Å². The SMILES string of the molecule is CCCCCc1ccc(-c2ccc(CCC3CCC(CCCCC)CC3)nn2)c(F)c1F. The molecular weight excluding hydrogens is 402 g/mol. The molecule has 1 aliphatic rings. The van der Waals surface area contributed by atoms with E-state index in [0.29, 0.717) is 17.7 Å². The minimum atomic E-state index is -0.809. The highest BCUT2D eigenvalue weighted by Crippen LogP contribution is 2.34. The van der Waals surface area contributed by atoms with Crippen molar-refractivity contribution >= 4 is 0 Å². The second kappa shape index (κ2) is 13.0. The van der Waals surface area contributed by atoms with E-state index in [9.17, 15) is 8.78 Å². The summed E-state index contributed by atoms with van der Waals surface area (Å²) in [7, 11) is 0. The number of unbranched alkanes of at least 4 members (excludes halogenated alkanes) is 4. The van der Waals surface area contributed by atoms with Crippen molar-refractivity contribution in [2.75, 3.05) is 0 Å². The lowest BCUT2D eigenvalue weighted by atomic mass is 9.78. The molecule has 2 nitrogen and oxygen atoms in total. The Bertz CT molecular complexity index is 811. The Morgan fingerprint density at radius 3 is 2.06 bits per heavy atom.